The molecule has 0 atom stereocenters. The molecule has 4 heteroatoms. The molecule has 1 heterocycles. The molecule has 0 aliphatic rings. The molecule has 0 unspecified atom stereocenters. The molecule has 0 saturated carbocycles. The molecular formula is C12H12BNO2. The van der Waals surface area contributed by atoms with Crippen molar-refractivity contribution in [1.82, 2.24) is 4.98 Å². The van der Waals surface area contributed by atoms with Crippen molar-refractivity contribution in [3.63, 3.8) is 0 Å². The Morgan fingerprint density at radius 1 is 0.938 bits per heavy atom. The number of hydrogen-bond acceptors (Lipinski definition) is 3. The topological polar surface area (TPSA) is 53.4 Å². The number of pyridine rings is 1. The predicted octanol–water partition coefficient (Wildman–Crippen LogP) is 0.737. The highest BCUT2D eigenvalue weighted by atomic mass is 16.4. The maximum Gasteiger partial charge on any atom is 0.488 e. The molecule has 80 valence electrons. The van der Waals surface area contributed by atoms with Gasteiger partial charge >= 0.3 is 7.12 Å². The zero-order valence-electron chi connectivity index (χ0n) is 8.96. The summed E-state index contributed by atoms with van der Waals surface area (Å²) in [7, 11) is -1.41. The van der Waals surface area contributed by atoms with Crippen LogP contribution in [0.4, 0.5) is 0 Å². The Kier molecular flexibility index (Phi) is 3.03. The maximum atomic E-state index is 8.96. The van der Waals surface area contributed by atoms with Crippen LogP contribution in [0.1, 0.15) is 5.69 Å². The summed E-state index contributed by atoms with van der Waals surface area (Å²) in [5, 5.41) is 17.9. The van der Waals surface area contributed by atoms with Crippen LogP contribution in [0.2, 0.25) is 0 Å². The minimum absolute atomic E-state index is 0.490. The number of benzene rings is 1. The molecule has 0 bridgehead atoms. The van der Waals surface area contributed by atoms with Gasteiger partial charge in [-0.05, 0) is 24.0 Å². The molecule has 0 fully saturated rings. The van der Waals surface area contributed by atoms with Crippen LogP contribution in [0.5, 0.6) is 0 Å². The van der Waals surface area contributed by atoms with E-state index in [9.17, 15) is 0 Å². The van der Waals surface area contributed by atoms with Crippen LogP contribution >= 0.6 is 0 Å². The van der Waals surface area contributed by atoms with Gasteiger partial charge in [0.15, 0.2) is 0 Å². The van der Waals surface area contributed by atoms with Gasteiger partial charge < -0.3 is 10.0 Å². The fraction of sp³-hybridized carbons (Fsp3) is 0.0833. The first-order valence-electron chi connectivity index (χ1n) is 5.06. The van der Waals surface area contributed by atoms with Gasteiger partial charge in [-0.2, -0.15) is 0 Å². The van der Waals surface area contributed by atoms with Gasteiger partial charge in [0, 0.05) is 17.5 Å². The summed E-state index contributed by atoms with van der Waals surface area (Å²) >= 11 is 0. The van der Waals surface area contributed by atoms with E-state index in [0.29, 0.717) is 5.46 Å². The van der Waals surface area contributed by atoms with Gasteiger partial charge in [0.25, 0.3) is 0 Å². The molecule has 0 amide bonds. The van der Waals surface area contributed by atoms with E-state index in [4.69, 9.17) is 10.0 Å². The molecule has 2 N–H and O–H groups in total. The highest BCUT2D eigenvalue weighted by Gasteiger charge is 2.09. The lowest BCUT2D eigenvalue weighted by Gasteiger charge is -2.03. The highest BCUT2D eigenvalue weighted by Crippen LogP contribution is 2.16. The molecule has 0 saturated heterocycles. The summed E-state index contributed by atoms with van der Waals surface area (Å²) in [5.74, 6) is 0. The second-order valence-corrected chi connectivity index (χ2v) is 3.68. The predicted molar refractivity (Wildman–Crippen MR) is 64.2 cm³/mol. The Balaban J connectivity index is 2.31. The van der Waals surface area contributed by atoms with Crippen molar-refractivity contribution in [1.29, 1.82) is 0 Å². The summed E-state index contributed by atoms with van der Waals surface area (Å²) < 4.78 is 0. The van der Waals surface area contributed by atoms with Gasteiger partial charge in [-0.1, -0.05) is 30.3 Å². The first-order valence-corrected chi connectivity index (χ1v) is 5.06. The molecule has 0 aliphatic heterocycles. The monoisotopic (exact) mass is 213 g/mol. The summed E-state index contributed by atoms with van der Waals surface area (Å²) in [6.45, 7) is 1.94. The lowest BCUT2D eigenvalue weighted by molar-refractivity contribution is 0.426. The van der Waals surface area contributed by atoms with Gasteiger partial charge in [0.05, 0.1) is 0 Å². The van der Waals surface area contributed by atoms with E-state index in [0.717, 1.165) is 16.8 Å². The summed E-state index contributed by atoms with van der Waals surface area (Å²) in [4.78, 5) is 4.21. The second kappa shape index (κ2) is 4.47. The lowest BCUT2D eigenvalue weighted by Crippen LogP contribution is -2.29. The maximum absolute atomic E-state index is 8.96. The quantitative estimate of drug-likeness (QED) is 0.723. The first-order chi connectivity index (χ1) is 7.66. The fourth-order valence-electron chi connectivity index (χ4n) is 1.49. The average Bonchev–Trinajstić information content (AvgIpc) is 2.30. The summed E-state index contributed by atoms with van der Waals surface area (Å²) in [5.41, 5.74) is 3.50. The zero-order valence-corrected chi connectivity index (χ0v) is 8.96. The van der Waals surface area contributed by atoms with Gasteiger partial charge in [-0.15, -0.1) is 0 Å². The zero-order chi connectivity index (χ0) is 11.5. The van der Waals surface area contributed by atoms with Crippen LogP contribution in [0.25, 0.3) is 11.1 Å². The molecule has 16 heavy (non-hydrogen) atoms. The van der Waals surface area contributed by atoms with Crippen LogP contribution in [0.3, 0.4) is 0 Å². The van der Waals surface area contributed by atoms with Gasteiger partial charge in [0.2, 0.25) is 0 Å². The van der Waals surface area contributed by atoms with Crippen LogP contribution in [-0.4, -0.2) is 22.2 Å². The van der Waals surface area contributed by atoms with Gasteiger partial charge in [-0.3, -0.25) is 4.98 Å². The van der Waals surface area contributed by atoms with Crippen LogP contribution < -0.4 is 5.46 Å². The van der Waals surface area contributed by atoms with Crippen molar-refractivity contribution < 1.29 is 10.0 Å². The number of rotatable bonds is 2. The largest absolute Gasteiger partial charge is 0.488 e. The minimum Gasteiger partial charge on any atom is -0.423 e. The van der Waals surface area contributed by atoms with Crippen LogP contribution in [-0.2, 0) is 0 Å². The fourth-order valence-corrected chi connectivity index (χ4v) is 1.49. The van der Waals surface area contributed by atoms with Crippen molar-refractivity contribution in [2.75, 3.05) is 0 Å². The lowest BCUT2D eigenvalue weighted by atomic mass is 9.80. The SMILES string of the molecule is Cc1ccc(-c2ccc(B(O)O)cc2)cn1. The molecule has 0 aliphatic carbocycles. The molecule has 0 radical (unpaired) electrons. The van der Waals surface area contributed by atoms with Crippen molar-refractivity contribution in [2.45, 2.75) is 6.92 Å². The molecule has 1 aromatic carbocycles. The number of nitrogens with zero attached hydrogens (tertiary/aromatic N) is 1. The van der Waals surface area contributed by atoms with Crippen LogP contribution in [0.15, 0.2) is 42.6 Å². The third-order valence-electron chi connectivity index (χ3n) is 2.45. The van der Waals surface area contributed by atoms with Crippen LogP contribution in [0, 0.1) is 6.92 Å². The number of hydrogen-bond donors (Lipinski definition) is 2. The number of aryl methyl sites for hydroxylation is 1. The van der Waals surface area contributed by atoms with E-state index in [1.165, 1.54) is 0 Å². The van der Waals surface area contributed by atoms with E-state index < -0.39 is 7.12 Å². The van der Waals surface area contributed by atoms with Crippen molar-refractivity contribution in [3.8, 4) is 11.1 Å². The molecular weight excluding hydrogens is 201 g/mol. The third-order valence-corrected chi connectivity index (χ3v) is 2.45. The molecule has 2 aromatic rings. The van der Waals surface area contributed by atoms with E-state index >= 15 is 0 Å². The van der Waals surface area contributed by atoms with Gasteiger partial charge in [0.1, 0.15) is 0 Å². The van der Waals surface area contributed by atoms with Crippen molar-refractivity contribution in [2.24, 2.45) is 0 Å². The van der Waals surface area contributed by atoms with Gasteiger partial charge in [-0.25, -0.2) is 0 Å². The van der Waals surface area contributed by atoms with Crippen molar-refractivity contribution in [3.05, 3.63) is 48.3 Å². The Hall–Kier alpha value is -1.65. The second-order valence-electron chi connectivity index (χ2n) is 3.68. The first kappa shape index (κ1) is 10.9. The number of aromatic nitrogens is 1. The Bertz CT molecular complexity index is 465. The summed E-state index contributed by atoms with van der Waals surface area (Å²) in [6, 6.07) is 11.0. The molecule has 3 nitrogen and oxygen atoms in total. The van der Waals surface area contributed by atoms with E-state index in [1.807, 2.05) is 31.2 Å². The molecule has 0 spiro atoms. The molecule has 2 rings (SSSR count). The minimum atomic E-state index is -1.41. The Morgan fingerprint density at radius 3 is 2.06 bits per heavy atom. The van der Waals surface area contributed by atoms with E-state index in [-0.39, 0.29) is 0 Å². The van der Waals surface area contributed by atoms with E-state index in [1.54, 1.807) is 18.3 Å². The normalized spacial score (nSPS) is 10.2. The molecule has 1 aromatic heterocycles. The third kappa shape index (κ3) is 2.29. The Morgan fingerprint density at radius 2 is 1.56 bits per heavy atom. The smallest absolute Gasteiger partial charge is 0.423 e. The summed E-state index contributed by atoms with van der Waals surface area (Å²) in [6.07, 6.45) is 1.81. The highest BCUT2D eigenvalue weighted by molar-refractivity contribution is 6.58. The van der Waals surface area contributed by atoms with Crippen molar-refractivity contribution >= 4 is 12.6 Å². The van der Waals surface area contributed by atoms with E-state index in [2.05, 4.69) is 4.98 Å². The standard InChI is InChI=1S/C12H12BNO2/c1-9-2-3-11(8-14-9)10-4-6-12(7-5-10)13(15)16/h2-8,15-16H,1H3. The Labute approximate surface area is 94.6 Å². The average molecular weight is 213 g/mol.